The lowest BCUT2D eigenvalue weighted by atomic mass is 10.1. The number of hydrogen-bond acceptors (Lipinski definition) is 2. The van der Waals surface area contributed by atoms with Crippen LogP contribution in [0.2, 0.25) is 0 Å². The Morgan fingerprint density at radius 2 is 1.94 bits per heavy atom. The zero-order valence-electron chi connectivity index (χ0n) is 11.8. The van der Waals surface area contributed by atoms with Crippen molar-refractivity contribution in [2.45, 2.75) is 39.7 Å². The van der Waals surface area contributed by atoms with Gasteiger partial charge in [0.2, 0.25) is 0 Å². The monoisotopic (exact) mass is 245 g/mol. The fourth-order valence-corrected chi connectivity index (χ4v) is 2.33. The van der Waals surface area contributed by atoms with Crippen molar-refractivity contribution >= 4 is 11.0 Å². The van der Waals surface area contributed by atoms with Crippen molar-refractivity contribution in [3.8, 4) is 0 Å². The smallest absolute Gasteiger partial charge is 0.109 e. The van der Waals surface area contributed by atoms with E-state index in [1.807, 2.05) is 6.92 Å². The number of aromatic nitrogens is 2. The third kappa shape index (κ3) is 2.72. The summed E-state index contributed by atoms with van der Waals surface area (Å²) in [5.74, 6) is 1.79. The van der Waals surface area contributed by atoms with Gasteiger partial charge in [-0.25, -0.2) is 4.98 Å². The maximum atomic E-state index is 5.86. The van der Waals surface area contributed by atoms with Gasteiger partial charge in [0.05, 0.1) is 11.0 Å². The van der Waals surface area contributed by atoms with Crippen LogP contribution < -0.4 is 5.73 Å². The van der Waals surface area contributed by atoms with E-state index in [1.165, 1.54) is 11.1 Å². The van der Waals surface area contributed by atoms with Gasteiger partial charge >= 0.3 is 0 Å². The second-order valence-electron chi connectivity index (χ2n) is 5.69. The average Bonchev–Trinajstić information content (AvgIpc) is 2.55. The fourth-order valence-electron chi connectivity index (χ4n) is 2.33. The molecule has 18 heavy (non-hydrogen) atoms. The normalized spacial score (nSPS) is 13.4. The molecule has 2 aromatic rings. The first-order valence-corrected chi connectivity index (χ1v) is 6.67. The van der Waals surface area contributed by atoms with Gasteiger partial charge in [0, 0.05) is 19.5 Å². The second kappa shape index (κ2) is 5.11. The van der Waals surface area contributed by atoms with Gasteiger partial charge in [0.15, 0.2) is 0 Å². The zero-order chi connectivity index (χ0) is 13.3. The summed E-state index contributed by atoms with van der Waals surface area (Å²) in [5, 5.41) is 0. The molecule has 0 amide bonds. The SMILES string of the molecule is CC(C)Cc1nc2ccc(CC(C)N)cc2n1C. The first-order chi connectivity index (χ1) is 8.47. The Hall–Kier alpha value is -1.35. The van der Waals surface area contributed by atoms with Crippen molar-refractivity contribution in [1.82, 2.24) is 9.55 Å². The Morgan fingerprint density at radius 1 is 1.22 bits per heavy atom. The van der Waals surface area contributed by atoms with E-state index < -0.39 is 0 Å². The Bertz CT molecular complexity index is 538. The lowest BCUT2D eigenvalue weighted by Gasteiger charge is -2.06. The second-order valence-corrected chi connectivity index (χ2v) is 5.69. The van der Waals surface area contributed by atoms with Crippen LogP contribution in [0.3, 0.4) is 0 Å². The minimum absolute atomic E-state index is 0.200. The van der Waals surface area contributed by atoms with E-state index in [-0.39, 0.29) is 6.04 Å². The molecule has 1 atom stereocenters. The van der Waals surface area contributed by atoms with E-state index in [1.54, 1.807) is 0 Å². The van der Waals surface area contributed by atoms with Gasteiger partial charge < -0.3 is 10.3 Å². The molecular weight excluding hydrogens is 222 g/mol. The molecule has 0 radical (unpaired) electrons. The molecule has 0 aliphatic rings. The highest BCUT2D eigenvalue weighted by atomic mass is 15.1. The molecule has 1 aromatic carbocycles. The first kappa shape index (κ1) is 13.1. The number of hydrogen-bond donors (Lipinski definition) is 1. The van der Waals surface area contributed by atoms with Crippen molar-refractivity contribution in [2.24, 2.45) is 18.7 Å². The maximum absolute atomic E-state index is 5.86. The van der Waals surface area contributed by atoms with Gasteiger partial charge in [-0.05, 0) is 37.0 Å². The van der Waals surface area contributed by atoms with Crippen LogP contribution in [0.1, 0.15) is 32.2 Å². The summed E-state index contributed by atoms with van der Waals surface area (Å²) in [7, 11) is 2.10. The maximum Gasteiger partial charge on any atom is 0.109 e. The first-order valence-electron chi connectivity index (χ1n) is 6.67. The molecule has 0 spiro atoms. The summed E-state index contributed by atoms with van der Waals surface area (Å²) in [6.45, 7) is 6.49. The van der Waals surface area contributed by atoms with Crippen molar-refractivity contribution in [2.75, 3.05) is 0 Å². The van der Waals surface area contributed by atoms with Crippen LogP contribution in [0.25, 0.3) is 11.0 Å². The molecule has 0 bridgehead atoms. The minimum atomic E-state index is 0.200. The molecule has 1 aromatic heterocycles. The highest BCUT2D eigenvalue weighted by molar-refractivity contribution is 5.76. The summed E-state index contributed by atoms with van der Waals surface area (Å²) in [4.78, 5) is 4.70. The van der Waals surface area contributed by atoms with Gasteiger partial charge in [-0.2, -0.15) is 0 Å². The van der Waals surface area contributed by atoms with E-state index in [4.69, 9.17) is 10.7 Å². The number of nitrogens with two attached hydrogens (primary N) is 1. The number of benzene rings is 1. The molecule has 0 aliphatic heterocycles. The standard InChI is InChI=1S/C15H23N3/c1-10(2)7-15-17-13-6-5-12(8-11(3)16)9-14(13)18(15)4/h5-6,9-11H,7-8,16H2,1-4H3. The Labute approximate surface area is 109 Å². The molecule has 1 unspecified atom stereocenters. The summed E-state index contributed by atoms with van der Waals surface area (Å²) >= 11 is 0. The lowest BCUT2D eigenvalue weighted by Crippen LogP contribution is -2.17. The predicted molar refractivity (Wildman–Crippen MR) is 76.6 cm³/mol. The number of imidazole rings is 1. The molecule has 0 saturated carbocycles. The predicted octanol–water partition coefficient (Wildman–Crippen LogP) is 2.66. The van der Waals surface area contributed by atoms with E-state index in [0.717, 1.165) is 24.2 Å². The van der Waals surface area contributed by atoms with Gasteiger partial charge in [-0.1, -0.05) is 19.9 Å². The van der Waals surface area contributed by atoms with Crippen molar-refractivity contribution < 1.29 is 0 Å². The third-order valence-corrected chi connectivity index (χ3v) is 3.19. The van der Waals surface area contributed by atoms with Crippen molar-refractivity contribution in [3.05, 3.63) is 29.6 Å². The highest BCUT2D eigenvalue weighted by Gasteiger charge is 2.10. The van der Waals surface area contributed by atoms with Gasteiger partial charge in [0.25, 0.3) is 0 Å². The molecule has 98 valence electrons. The van der Waals surface area contributed by atoms with Crippen LogP contribution in [-0.4, -0.2) is 15.6 Å². The number of nitrogens with zero attached hydrogens (tertiary/aromatic N) is 2. The highest BCUT2D eigenvalue weighted by Crippen LogP contribution is 2.19. The van der Waals surface area contributed by atoms with E-state index in [2.05, 4.69) is 43.7 Å². The van der Waals surface area contributed by atoms with E-state index in [9.17, 15) is 0 Å². The van der Waals surface area contributed by atoms with E-state index >= 15 is 0 Å². The third-order valence-electron chi connectivity index (χ3n) is 3.19. The largest absolute Gasteiger partial charge is 0.331 e. The minimum Gasteiger partial charge on any atom is -0.331 e. The quantitative estimate of drug-likeness (QED) is 0.900. The number of fused-ring (bicyclic) bond motifs is 1. The summed E-state index contributed by atoms with van der Waals surface area (Å²) < 4.78 is 2.21. The van der Waals surface area contributed by atoms with Crippen molar-refractivity contribution in [3.63, 3.8) is 0 Å². The average molecular weight is 245 g/mol. The van der Waals surface area contributed by atoms with Crippen molar-refractivity contribution in [1.29, 1.82) is 0 Å². The van der Waals surface area contributed by atoms with Gasteiger partial charge in [-0.15, -0.1) is 0 Å². The molecule has 0 fully saturated rings. The summed E-state index contributed by atoms with van der Waals surface area (Å²) in [6, 6.07) is 6.66. The molecule has 3 nitrogen and oxygen atoms in total. The molecule has 0 aliphatic carbocycles. The van der Waals surface area contributed by atoms with Crippen LogP contribution in [0.5, 0.6) is 0 Å². The van der Waals surface area contributed by atoms with Gasteiger partial charge in [0.1, 0.15) is 5.82 Å². The lowest BCUT2D eigenvalue weighted by molar-refractivity contribution is 0.606. The Balaban J connectivity index is 2.40. The number of aryl methyl sites for hydroxylation is 1. The molecule has 2 N–H and O–H groups in total. The van der Waals surface area contributed by atoms with Crippen LogP contribution in [0.15, 0.2) is 18.2 Å². The van der Waals surface area contributed by atoms with E-state index in [0.29, 0.717) is 5.92 Å². The molecule has 0 saturated heterocycles. The van der Waals surface area contributed by atoms with Crippen LogP contribution in [0, 0.1) is 5.92 Å². The topological polar surface area (TPSA) is 43.8 Å². The molecule has 3 heteroatoms. The zero-order valence-corrected chi connectivity index (χ0v) is 11.8. The van der Waals surface area contributed by atoms with Crippen LogP contribution in [-0.2, 0) is 19.9 Å². The van der Waals surface area contributed by atoms with Gasteiger partial charge in [-0.3, -0.25) is 0 Å². The number of rotatable bonds is 4. The van der Waals surface area contributed by atoms with Crippen LogP contribution in [0.4, 0.5) is 0 Å². The fraction of sp³-hybridized carbons (Fsp3) is 0.533. The summed E-state index contributed by atoms with van der Waals surface area (Å²) in [5.41, 5.74) is 9.44. The summed E-state index contributed by atoms with van der Waals surface area (Å²) in [6.07, 6.45) is 1.94. The molecule has 1 heterocycles. The Kier molecular flexibility index (Phi) is 3.71. The molecule has 2 rings (SSSR count). The Morgan fingerprint density at radius 3 is 2.56 bits per heavy atom. The van der Waals surface area contributed by atoms with Crippen LogP contribution >= 0.6 is 0 Å². The molecular formula is C15H23N3.